The fourth-order valence-corrected chi connectivity index (χ4v) is 2.13. The van der Waals surface area contributed by atoms with E-state index in [-0.39, 0.29) is 34.0 Å². The number of anilines is 2. The summed E-state index contributed by atoms with van der Waals surface area (Å²) in [6, 6.07) is 11.8. The summed E-state index contributed by atoms with van der Waals surface area (Å²) < 4.78 is 4.17. The summed E-state index contributed by atoms with van der Waals surface area (Å²) in [5.41, 5.74) is 11.8. The molecule has 2 rings (SSSR count). The van der Waals surface area contributed by atoms with Crippen LogP contribution in [0.3, 0.4) is 0 Å². The Kier molecular flexibility index (Phi) is 9.99. The smallest absolute Gasteiger partial charge is 0.272 e. The summed E-state index contributed by atoms with van der Waals surface area (Å²) in [5.74, 6) is 1.65. The van der Waals surface area contributed by atoms with Crippen molar-refractivity contribution in [1.29, 1.82) is 0 Å². The molecular formula is C15H22Br2N4. The number of pyridine rings is 2. The number of halogens is 2. The lowest BCUT2D eigenvalue weighted by molar-refractivity contribution is -0.687. The standard InChI is InChI=1S/C15H20N4.2BrH/c16-14-8-2-6-12-18(14)10-4-1-5-11-19-13-7-3-9-15(19)17;;/h2-3,6-9,12-13,16-17H,1,4-5,10-11H2;2*1H. The number of nitrogens with zero attached hydrogens (tertiary/aromatic N) is 2. The third kappa shape index (κ3) is 6.44. The Bertz CT molecular complexity index is 487. The number of nitrogen functional groups attached to an aromatic ring is 2. The molecular weight excluding hydrogens is 396 g/mol. The van der Waals surface area contributed by atoms with Crippen LogP contribution in [0, 0.1) is 0 Å². The van der Waals surface area contributed by atoms with Gasteiger partial charge in [0.1, 0.15) is 0 Å². The lowest BCUT2D eigenvalue weighted by Gasteiger charge is -2.04. The van der Waals surface area contributed by atoms with E-state index in [1.165, 1.54) is 6.42 Å². The van der Waals surface area contributed by atoms with Crippen LogP contribution in [-0.4, -0.2) is 0 Å². The molecule has 2 aromatic rings. The zero-order valence-electron chi connectivity index (χ0n) is 12.0. The molecule has 21 heavy (non-hydrogen) atoms. The first-order chi connectivity index (χ1) is 9.27. The molecule has 0 unspecified atom stereocenters. The highest BCUT2D eigenvalue weighted by atomic mass is 79.9. The summed E-state index contributed by atoms with van der Waals surface area (Å²) in [6.07, 6.45) is 7.49. The molecule has 0 aliphatic heterocycles. The van der Waals surface area contributed by atoms with Crippen LogP contribution in [-0.2, 0) is 13.1 Å². The number of hydrogen-bond donors (Lipinski definition) is 2. The van der Waals surface area contributed by atoms with Gasteiger partial charge in [-0.05, 0) is 31.4 Å². The maximum Gasteiger partial charge on any atom is 0.272 e. The van der Waals surface area contributed by atoms with Gasteiger partial charge in [0.25, 0.3) is 11.6 Å². The Morgan fingerprint density at radius 3 is 1.48 bits per heavy atom. The molecule has 0 aliphatic rings. The van der Waals surface area contributed by atoms with Crippen LogP contribution in [0.25, 0.3) is 0 Å². The Morgan fingerprint density at radius 2 is 1.10 bits per heavy atom. The highest BCUT2D eigenvalue weighted by molar-refractivity contribution is 5.19. The van der Waals surface area contributed by atoms with Crippen LogP contribution in [0.4, 0.5) is 11.6 Å². The van der Waals surface area contributed by atoms with Gasteiger partial charge in [-0.1, -0.05) is 12.1 Å². The number of hydrogen-bond acceptors (Lipinski definition) is 2. The summed E-state index contributed by atoms with van der Waals surface area (Å²) in [6.45, 7) is 1.95. The maximum atomic E-state index is 5.89. The fourth-order valence-electron chi connectivity index (χ4n) is 2.13. The minimum Gasteiger partial charge on any atom is -1.00 e. The molecule has 4 nitrogen and oxygen atoms in total. The fraction of sp³-hybridized carbons (Fsp3) is 0.333. The molecule has 116 valence electrons. The zero-order chi connectivity index (χ0) is 13.5. The van der Waals surface area contributed by atoms with Crippen molar-refractivity contribution in [3.8, 4) is 0 Å². The second kappa shape index (κ2) is 10.6. The number of aryl methyl sites for hydroxylation is 2. The van der Waals surface area contributed by atoms with E-state index in [9.17, 15) is 0 Å². The molecule has 4 N–H and O–H groups in total. The van der Waals surface area contributed by atoms with Crippen LogP contribution in [0.2, 0.25) is 0 Å². The molecule has 0 amide bonds. The number of nitrogens with two attached hydrogens (primary N) is 2. The topological polar surface area (TPSA) is 59.8 Å². The average molecular weight is 418 g/mol. The summed E-state index contributed by atoms with van der Waals surface area (Å²) >= 11 is 0. The van der Waals surface area contributed by atoms with E-state index in [0.29, 0.717) is 0 Å². The lowest BCUT2D eigenvalue weighted by Crippen LogP contribution is -3.00. The van der Waals surface area contributed by atoms with Crippen LogP contribution in [0.15, 0.2) is 48.8 Å². The molecule has 6 heteroatoms. The van der Waals surface area contributed by atoms with Crippen LogP contribution < -0.4 is 54.6 Å². The second-order valence-corrected chi connectivity index (χ2v) is 4.70. The first-order valence-corrected chi connectivity index (χ1v) is 6.75. The van der Waals surface area contributed by atoms with Crippen LogP contribution >= 0.6 is 0 Å². The first-order valence-electron chi connectivity index (χ1n) is 6.75. The predicted octanol–water partition coefficient (Wildman–Crippen LogP) is -4.70. The van der Waals surface area contributed by atoms with Gasteiger partial charge in [0.15, 0.2) is 0 Å². The molecule has 0 bridgehead atoms. The van der Waals surface area contributed by atoms with Crippen LogP contribution in [0.5, 0.6) is 0 Å². The minimum absolute atomic E-state index is 0. The van der Waals surface area contributed by atoms with E-state index >= 15 is 0 Å². The quantitative estimate of drug-likeness (QED) is 0.366. The van der Waals surface area contributed by atoms with Crippen LogP contribution in [0.1, 0.15) is 19.3 Å². The van der Waals surface area contributed by atoms with Gasteiger partial charge in [0.05, 0.1) is 25.5 Å². The van der Waals surface area contributed by atoms with Crippen molar-refractivity contribution in [2.75, 3.05) is 11.5 Å². The van der Waals surface area contributed by atoms with Crippen molar-refractivity contribution in [3.63, 3.8) is 0 Å². The molecule has 2 heterocycles. The third-order valence-corrected chi connectivity index (χ3v) is 3.25. The molecule has 0 aromatic carbocycles. The molecule has 0 fully saturated rings. The normalized spacial score (nSPS) is 9.52. The van der Waals surface area contributed by atoms with E-state index in [2.05, 4.69) is 9.13 Å². The van der Waals surface area contributed by atoms with E-state index in [1.807, 2.05) is 48.8 Å². The Balaban J connectivity index is 0.00000200. The largest absolute Gasteiger partial charge is 1.00 e. The third-order valence-electron chi connectivity index (χ3n) is 3.25. The zero-order valence-corrected chi connectivity index (χ0v) is 15.1. The van der Waals surface area contributed by atoms with E-state index in [4.69, 9.17) is 11.5 Å². The number of rotatable bonds is 6. The number of aromatic nitrogens is 2. The SMILES string of the molecule is Nc1cccc[n+]1CCCCC[n+]1ccccc1N.[Br-].[Br-]. The average Bonchev–Trinajstić information content (AvgIpc) is 2.42. The molecule has 0 aliphatic carbocycles. The van der Waals surface area contributed by atoms with Gasteiger partial charge in [-0.25, -0.2) is 9.13 Å². The van der Waals surface area contributed by atoms with E-state index in [1.54, 1.807) is 0 Å². The Morgan fingerprint density at radius 1 is 0.667 bits per heavy atom. The Hall–Kier alpha value is -1.14. The monoisotopic (exact) mass is 416 g/mol. The predicted molar refractivity (Wildman–Crippen MR) is 75.9 cm³/mol. The summed E-state index contributed by atoms with van der Waals surface area (Å²) in [4.78, 5) is 0. The van der Waals surface area contributed by atoms with Gasteiger partial charge in [-0.15, -0.1) is 0 Å². The van der Waals surface area contributed by atoms with Crippen molar-refractivity contribution in [2.45, 2.75) is 32.4 Å². The molecule has 0 saturated heterocycles. The number of unbranched alkanes of at least 4 members (excludes halogenated alkanes) is 2. The lowest BCUT2D eigenvalue weighted by atomic mass is 10.2. The van der Waals surface area contributed by atoms with E-state index in [0.717, 1.165) is 37.6 Å². The van der Waals surface area contributed by atoms with Crippen molar-refractivity contribution in [2.24, 2.45) is 0 Å². The van der Waals surface area contributed by atoms with Crippen molar-refractivity contribution in [1.82, 2.24) is 0 Å². The van der Waals surface area contributed by atoms with Gasteiger partial charge in [0, 0.05) is 12.1 Å². The van der Waals surface area contributed by atoms with E-state index < -0.39 is 0 Å². The highest BCUT2D eigenvalue weighted by Crippen LogP contribution is 1.99. The first kappa shape index (κ1) is 19.9. The second-order valence-electron chi connectivity index (χ2n) is 4.70. The van der Waals surface area contributed by atoms with Crippen molar-refractivity contribution in [3.05, 3.63) is 48.8 Å². The molecule has 0 saturated carbocycles. The van der Waals surface area contributed by atoms with Gasteiger partial charge >= 0.3 is 0 Å². The molecule has 2 aromatic heterocycles. The molecule has 0 atom stereocenters. The maximum absolute atomic E-state index is 5.89. The summed E-state index contributed by atoms with van der Waals surface area (Å²) in [7, 11) is 0. The van der Waals surface area contributed by atoms with Gasteiger partial charge in [0.2, 0.25) is 0 Å². The minimum atomic E-state index is 0. The highest BCUT2D eigenvalue weighted by Gasteiger charge is 2.04. The van der Waals surface area contributed by atoms with Gasteiger partial charge in [-0.3, -0.25) is 11.5 Å². The van der Waals surface area contributed by atoms with Crippen molar-refractivity contribution < 1.29 is 43.1 Å². The summed E-state index contributed by atoms with van der Waals surface area (Å²) in [5, 5.41) is 0. The van der Waals surface area contributed by atoms with Gasteiger partial charge < -0.3 is 34.0 Å². The van der Waals surface area contributed by atoms with Crippen molar-refractivity contribution >= 4 is 11.6 Å². The van der Waals surface area contributed by atoms with Gasteiger partial charge in [-0.2, -0.15) is 0 Å². The molecule has 0 spiro atoms. The Labute approximate surface area is 147 Å². The molecule has 0 radical (unpaired) electrons.